The van der Waals surface area contributed by atoms with E-state index in [1.807, 2.05) is 0 Å². The number of thiazole rings is 1. The van der Waals surface area contributed by atoms with Crippen molar-refractivity contribution >= 4 is 11.3 Å². The summed E-state index contributed by atoms with van der Waals surface area (Å²) in [6.07, 6.45) is 26.8. The summed E-state index contributed by atoms with van der Waals surface area (Å²) in [6.45, 7) is 8.22. The highest BCUT2D eigenvalue weighted by Gasteiger charge is 2.06. The zero-order valence-corrected chi connectivity index (χ0v) is 24.9. The zero-order chi connectivity index (χ0) is 23.0. The Morgan fingerprint density at radius 2 is 1.30 bits per heavy atom. The van der Waals surface area contributed by atoms with Crippen molar-refractivity contribution in [1.29, 1.82) is 0 Å². The normalized spacial score (nSPS) is 12.1. The second kappa shape index (κ2) is 26.9. The van der Waals surface area contributed by atoms with Crippen molar-refractivity contribution in [2.24, 2.45) is 0 Å². The maximum absolute atomic E-state index is 6.09. The summed E-state index contributed by atoms with van der Waals surface area (Å²) in [4.78, 5) is 0. The SMILES string of the molecule is CCCCCCCCCCCCCCCC(CC)OCCCOCCCC[n+]1ccsc1.[I-]. The largest absolute Gasteiger partial charge is 1.00 e. The van der Waals surface area contributed by atoms with Crippen molar-refractivity contribution < 1.29 is 38.0 Å². The van der Waals surface area contributed by atoms with Gasteiger partial charge in [-0.3, -0.25) is 0 Å². The molecule has 0 spiro atoms. The maximum atomic E-state index is 6.09. The molecule has 1 rings (SSSR count). The molecule has 33 heavy (non-hydrogen) atoms. The Morgan fingerprint density at radius 1 is 0.697 bits per heavy atom. The smallest absolute Gasteiger partial charge is 0.224 e. The highest BCUT2D eigenvalue weighted by atomic mass is 127. The molecule has 1 heterocycles. The molecule has 0 fully saturated rings. The molecule has 0 aliphatic heterocycles. The van der Waals surface area contributed by atoms with Gasteiger partial charge in [-0.25, -0.2) is 0 Å². The van der Waals surface area contributed by atoms with Gasteiger partial charge >= 0.3 is 0 Å². The van der Waals surface area contributed by atoms with Crippen LogP contribution in [0.2, 0.25) is 0 Å². The number of hydrogen-bond donors (Lipinski definition) is 0. The summed E-state index contributed by atoms with van der Waals surface area (Å²) in [5.41, 5.74) is 2.17. The van der Waals surface area contributed by atoms with Gasteiger partial charge in [-0.05, 0) is 25.7 Å². The van der Waals surface area contributed by atoms with Gasteiger partial charge in [-0.2, -0.15) is 4.57 Å². The number of aromatic nitrogens is 1. The topological polar surface area (TPSA) is 22.3 Å². The van der Waals surface area contributed by atoms with Crippen molar-refractivity contribution in [1.82, 2.24) is 0 Å². The van der Waals surface area contributed by atoms with E-state index in [0.717, 1.165) is 45.6 Å². The van der Waals surface area contributed by atoms with Gasteiger partial charge in [0.05, 0.1) is 11.5 Å². The minimum atomic E-state index is 0. The number of unbranched alkanes of at least 4 members (excludes halogenated alkanes) is 13. The predicted molar refractivity (Wildman–Crippen MR) is 140 cm³/mol. The summed E-state index contributed by atoms with van der Waals surface area (Å²) in [6, 6.07) is 0. The van der Waals surface area contributed by atoms with Crippen molar-refractivity contribution in [2.45, 2.75) is 142 Å². The minimum absolute atomic E-state index is 0. The van der Waals surface area contributed by atoms with E-state index < -0.39 is 0 Å². The third kappa shape index (κ3) is 22.5. The van der Waals surface area contributed by atoms with Crippen LogP contribution in [0, 0.1) is 0 Å². The number of rotatable bonds is 25. The molecule has 5 heteroatoms. The Morgan fingerprint density at radius 3 is 1.88 bits per heavy atom. The Hall–Kier alpha value is 0.280. The first kappa shape index (κ1) is 33.3. The van der Waals surface area contributed by atoms with E-state index in [2.05, 4.69) is 35.5 Å². The van der Waals surface area contributed by atoms with Gasteiger partial charge in [0.15, 0.2) is 6.20 Å². The molecule has 1 aromatic rings. The molecule has 0 saturated heterocycles. The van der Waals surface area contributed by atoms with E-state index >= 15 is 0 Å². The standard InChI is InChI=1S/C28H54NO2S.HI/c1-3-5-6-7-8-9-10-11-12-13-14-15-16-20-28(4-2)31-25-19-24-30-23-18-17-21-29-22-26-32-27-29;/h22,26-28H,3-21,23-25H2,1-2H3;1H/q+1;/p-1. The van der Waals surface area contributed by atoms with E-state index in [1.165, 1.54) is 96.3 Å². The lowest BCUT2D eigenvalue weighted by atomic mass is 10.0. The number of halogens is 1. The van der Waals surface area contributed by atoms with Crippen LogP contribution in [0.3, 0.4) is 0 Å². The van der Waals surface area contributed by atoms with Crippen molar-refractivity contribution in [3.8, 4) is 0 Å². The Kier molecular flexibility index (Phi) is 27.1. The monoisotopic (exact) mass is 595 g/mol. The number of ether oxygens (including phenoxy) is 2. The molecule has 196 valence electrons. The Labute approximate surface area is 227 Å². The molecule has 1 aromatic heterocycles. The second-order valence-electron chi connectivity index (χ2n) is 9.37. The van der Waals surface area contributed by atoms with Crippen LogP contribution in [0.4, 0.5) is 0 Å². The van der Waals surface area contributed by atoms with Crippen LogP contribution in [0.5, 0.6) is 0 Å². The third-order valence-electron chi connectivity index (χ3n) is 6.35. The minimum Gasteiger partial charge on any atom is -1.00 e. The second-order valence-corrected chi connectivity index (χ2v) is 10.1. The third-order valence-corrected chi connectivity index (χ3v) is 7.03. The molecule has 0 saturated carbocycles. The fourth-order valence-corrected chi connectivity index (χ4v) is 4.82. The van der Waals surface area contributed by atoms with Gasteiger partial charge in [-0.15, -0.1) is 0 Å². The quantitative estimate of drug-likeness (QED) is 0.0846. The van der Waals surface area contributed by atoms with Gasteiger partial charge in [0, 0.05) is 26.2 Å². The molecule has 0 N–H and O–H groups in total. The van der Waals surface area contributed by atoms with Gasteiger partial charge in [-0.1, -0.05) is 109 Å². The average molecular weight is 596 g/mol. The number of nitrogens with zero attached hydrogens (tertiary/aromatic N) is 1. The molecule has 0 radical (unpaired) electrons. The van der Waals surface area contributed by atoms with Crippen LogP contribution >= 0.6 is 11.3 Å². The van der Waals surface area contributed by atoms with Crippen molar-refractivity contribution in [2.75, 3.05) is 19.8 Å². The lowest BCUT2D eigenvalue weighted by Gasteiger charge is -2.16. The van der Waals surface area contributed by atoms with Crippen LogP contribution in [0.15, 0.2) is 17.1 Å². The van der Waals surface area contributed by atoms with Crippen LogP contribution in [-0.4, -0.2) is 25.9 Å². The number of hydrogen-bond acceptors (Lipinski definition) is 3. The molecule has 0 amide bonds. The molecule has 0 aliphatic rings. The Bertz CT molecular complexity index is 472. The van der Waals surface area contributed by atoms with Crippen LogP contribution in [0.1, 0.15) is 129 Å². The van der Waals surface area contributed by atoms with Crippen LogP contribution in [-0.2, 0) is 16.0 Å². The molecular weight excluding hydrogens is 541 g/mol. The van der Waals surface area contributed by atoms with Crippen molar-refractivity contribution in [3.05, 3.63) is 17.1 Å². The highest BCUT2D eigenvalue weighted by molar-refractivity contribution is 7.07. The lowest BCUT2D eigenvalue weighted by Crippen LogP contribution is -3.00. The summed E-state index contributed by atoms with van der Waals surface area (Å²) in [5, 5.41) is 2.12. The summed E-state index contributed by atoms with van der Waals surface area (Å²) in [7, 11) is 0. The summed E-state index contributed by atoms with van der Waals surface area (Å²) < 4.78 is 14.1. The Balaban J connectivity index is 0.0000102. The first-order chi connectivity index (χ1) is 15.9. The molecule has 0 aliphatic carbocycles. The van der Waals surface area contributed by atoms with Gasteiger partial charge in [0.1, 0.15) is 6.54 Å². The molecule has 1 atom stereocenters. The first-order valence-electron chi connectivity index (χ1n) is 14.0. The number of aryl methyl sites for hydroxylation is 1. The molecule has 0 aromatic carbocycles. The lowest BCUT2D eigenvalue weighted by molar-refractivity contribution is -0.692. The average Bonchev–Trinajstić information content (AvgIpc) is 3.33. The van der Waals surface area contributed by atoms with Gasteiger partial charge in [0.2, 0.25) is 5.51 Å². The predicted octanol–water partition coefficient (Wildman–Crippen LogP) is 5.50. The molecule has 3 nitrogen and oxygen atoms in total. The van der Waals surface area contributed by atoms with Crippen LogP contribution in [0.25, 0.3) is 0 Å². The molecule has 0 bridgehead atoms. The van der Waals surface area contributed by atoms with E-state index in [-0.39, 0.29) is 24.0 Å². The fourth-order valence-electron chi connectivity index (χ4n) is 4.20. The molecule has 1 unspecified atom stereocenters. The summed E-state index contributed by atoms with van der Waals surface area (Å²) >= 11 is 1.75. The van der Waals surface area contributed by atoms with Gasteiger partial charge < -0.3 is 33.5 Å². The van der Waals surface area contributed by atoms with Gasteiger partial charge in [0.25, 0.3) is 0 Å². The zero-order valence-electron chi connectivity index (χ0n) is 21.9. The first-order valence-corrected chi connectivity index (χ1v) is 14.9. The van der Waals surface area contributed by atoms with E-state index in [0.29, 0.717) is 6.10 Å². The van der Waals surface area contributed by atoms with Crippen LogP contribution < -0.4 is 28.5 Å². The van der Waals surface area contributed by atoms with E-state index in [4.69, 9.17) is 9.47 Å². The van der Waals surface area contributed by atoms with E-state index in [1.54, 1.807) is 11.3 Å². The highest BCUT2D eigenvalue weighted by Crippen LogP contribution is 2.15. The maximum Gasteiger partial charge on any atom is 0.224 e. The fraction of sp³-hybridized carbons (Fsp3) is 0.893. The van der Waals surface area contributed by atoms with Crippen molar-refractivity contribution in [3.63, 3.8) is 0 Å². The molecular formula is C28H54INO2S. The summed E-state index contributed by atoms with van der Waals surface area (Å²) in [5.74, 6) is 0. The van der Waals surface area contributed by atoms with E-state index in [9.17, 15) is 0 Å².